The zero-order valence-electron chi connectivity index (χ0n) is 10.8. The topological polar surface area (TPSA) is 29.1 Å². The van der Waals surface area contributed by atoms with Gasteiger partial charge in [0.25, 0.3) is 0 Å². The van der Waals surface area contributed by atoms with Crippen LogP contribution in [0.4, 0.5) is 0 Å². The molecule has 0 aromatic heterocycles. The first kappa shape index (κ1) is 13.6. The average molecular weight is 274 g/mol. The van der Waals surface area contributed by atoms with Crippen molar-refractivity contribution in [1.29, 1.82) is 0 Å². The number of benzene rings is 2. The summed E-state index contributed by atoms with van der Waals surface area (Å²) in [6.45, 7) is 2.61. The van der Waals surface area contributed by atoms with Crippen molar-refractivity contribution in [3.63, 3.8) is 0 Å². The molecule has 2 aromatic rings. The highest BCUT2D eigenvalue weighted by Crippen LogP contribution is 2.23. The highest BCUT2D eigenvalue weighted by atomic mass is 35.5. The molecule has 0 spiro atoms. The van der Waals surface area contributed by atoms with E-state index in [-0.39, 0.29) is 11.8 Å². The van der Waals surface area contributed by atoms with Crippen LogP contribution >= 0.6 is 11.6 Å². The predicted octanol–water partition coefficient (Wildman–Crippen LogP) is 3.52. The molecule has 3 heteroatoms. The standard InChI is InChI=1S/C16H16ClNO/c1-12-4-2-3-5-15(12)14-8-6-13(7-9-14)11-18-16(19)10-17/h2-9H,10-11H2,1H3,(H,18,19). The monoisotopic (exact) mass is 273 g/mol. The quantitative estimate of drug-likeness (QED) is 0.849. The van der Waals surface area contributed by atoms with Gasteiger partial charge in [-0.1, -0.05) is 48.5 Å². The van der Waals surface area contributed by atoms with E-state index in [4.69, 9.17) is 11.6 Å². The fourth-order valence-corrected chi connectivity index (χ4v) is 2.04. The van der Waals surface area contributed by atoms with E-state index < -0.39 is 0 Å². The average Bonchev–Trinajstić information content (AvgIpc) is 2.46. The van der Waals surface area contributed by atoms with Gasteiger partial charge in [-0.2, -0.15) is 0 Å². The summed E-state index contributed by atoms with van der Waals surface area (Å²) in [6.07, 6.45) is 0. The Morgan fingerprint density at radius 1 is 1.11 bits per heavy atom. The van der Waals surface area contributed by atoms with E-state index in [0.717, 1.165) is 5.56 Å². The third kappa shape index (κ3) is 3.58. The van der Waals surface area contributed by atoms with E-state index in [1.54, 1.807) is 0 Å². The first-order chi connectivity index (χ1) is 9.20. The minimum absolute atomic E-state index is 0.00128. The Hall–Kier alpha value is -1.80. The van der Waals surface area contributed by atoms with Gasteiger partial charge in [-0.3, -0.25) is 4.79 Å². The lowest BCUT2D eigenvalue weighted by molar-refractivity contribution is -0.118. The Morgan fingerprint density at radius 2 is 1.79 bits per heavy atom. The smallest absolute Gasteiger partial charge is 0.235 e. The third-order valence-electron chi connectivity index (χ3n) is 3.02. The number of hydrogen-bond donors (Lipinski definition) is 1. The molecular weight excluding hydrogens is 258 g/mol. The Balaban J connectivity index is 2.11. The molecule has 0 radical (unpaired) electrons. The first-order valence-corrected chi connectivity index (χ1v) is 6.72. The summed E-state index contributed by atoms with van der Waals surface area (Å²) in [5.41, 5.74) is 4.74. The number of alkyl halides is 1. The molecular formula is C16H16ClNO. The van der Waals surface area contributed by atoms with Gasteiger partial charge in [0, 0.05) is 6.54 Å². The molecule has 0 aliphatic rings. The zero-order valence-corrected chi connectivity index (χ0v) is 11.6. The third-order valence-corrected chi connectivity index (χ3v) is 3.26. The molecule has 0 fully saturated rings. The van der Waals surface area contributed by atoms with E-state index in [2.05, 4.69) is 36.5 Å². The zero-order chi connectivity index (χ0) is 13.7. The summed E-state index contributed by atoms with van der Waals surface area (Å²) in [6, 6.07) is 16.5. The van der Waals surface area contributed by atoms with Gasteiger partial charge < -0.3 is 5.32 Å². The number of carbonyl (C=O) groups is 1. The van der Waals surface area contributed by atoms with Gasteiger partial charge in [0.05, 0.1) is 0 Å². The molecule has 0 bridgehead atoms. The summed E-state index contributed by atoms with van der Waals surface area (Å²) < 4.78 is 0. The first-order valence-electron chi connectivity index (χ1n) is 6.18. The van der Waals surface area contributed by atoms with E-state index >= 15 is 0 Å². The summed E-state index contributed by atoms with van der Waals surface area (Å²) in [4.78, 5) is 11.1. The Kier molecular flexibility index (Phi) is 4.58. The van der Waals surface area contributed by atoms with Crippen molar-refractivity contribution in [3.05, 3.63) is 59.7 Å². The van der Waals surface area contributed by atoms with Crippen LogP contribution in [0.5, 0.6) is 0 Å². The van der Waals surface area contributed by atoms with Crippen molar-refractivity contribution in [1.82, 2.24) is 5.32 Å². The molecule has 0 saturated heterocycles. The molecule has 0 atom stereocenters. The van der Waals surface area contributed by atoms with Crippen LogP contribution < -0.4 is 5.32 Å². The predicted molar refractivity (Wildman–Crippen MR) is 79.2 cm³/mol. The van der Waals surface area contributed by atoms with Gasteiger partial charge in [0.15, 0.2) is 0 Å². The van der Waals surface area contributed by atoms with Crippen molar-refractivity contribution >= 4 is 17.5 Å². The number of amides is 1. The van der Waals surface area contributed by atoms with Gasteiger partial charge >= 0.3 is 0 Å². The second kappa shape index (κ2) is 6.39. The van der Waals surface area contributed by atoms with Crippen LogP contribution in [0.2, 0.25) is 0 Å². The Morgan fingerprint density at radius 3 is 2.42 bits per heavy atom. The number of nitrogens with one attached hydrogen (secondary N) is 1. The summed E-state index contributed by atoms with van der Waals surface area (Å²) in [7, 11) is 0. The number of aryl methyl sites for hydroxylation is 1. The van der Waals surface area contributed by atoms with Crippen LogP contribution in [0, 0.1) is 6.92 Å². The number of hydrogen-bond acceptors (Lipinski definition) is 1. The largest absolute Gasteiger partial charge is 0.351 e. The van der Waals surface area contributed by atoms with Crippen LogP contribution in [-0.4, -0.2) is 11.8 Å². The molecule has 0 unspecified atom stereocenters. The van der Waals surface area contributed by atoms with Crippen molar-refractivity contribution in [3.8, 4) is 11.1 Å². The maximum atomic E-state index is 11.1. The number of rotatable bonds is 4. The molecule has 2 rings (SSSR count). The Bertz CT molecular complexity index is 563. The van der Waals surface area contributed by atoms with Gasteiger partial charge in [-0.25, -0.2) is 0 Å². The normalized spacial score (nSPS) is 10.2. The molecule has 0 heterocycles. The molecule has 19 heavy (non-hydrogen) atoms. The molecule has 0 saturated carbocycles. The molecule has 98 valence electrons. The van der Waals surface area contributed by atoms with Crippen molar-refractivity contribution in [2.45, 2.75) is 13.5 Å². The molecule has 2 nitrogen and oxygen atoms in total. The second-order valence-corrected chi connectivity index (χ2v) is 4.69. The Labute approximate surface area is 118 Å². The molecule has 0 aliphatic heterocycles. The van der Waals surface area contributed by atoms with Crippen LogP contribution in [0.1, 0.15) is 11.1 Å². The lowest BCUT2D eigenvalue weighted by Crippen LogP contribution is -2.23. The van der Waals surface area contributed by atoms with Crippen LogP contribution in [0.15, 0.2) is 48.5 Å². The van der Waals surface area contributed by atoms with Crippen LogP contribution in [0.25, 0.3) is 11.1 Å². The van der Waals surface area contributed by atoms with E-state index in [1.807, 2.05) is 24.3 Å². The van der Waals surface area contributed by atoms with Crippen molar-refractivity contribution in [2.24, 2.45) is 0 Å². The molecule has 2 aromatic carbocycles. The maximum Gasteiger partial charge on any atom is 0.235 e. The van der Waals surface area contributed by atoms with E-state index in [0.29, 0.717) is 6.54 Å². The minimum atomic E-state index is -0.148. The lowest BCUT2D eigenvalue weighted by atomic mass is 10.00. The molecule has 1 amide bonds. The lowest BCUT2D eigenvalue weighted by Gasteiger charge is -2.07. The fourth-order valence-electron chi connectivity index (χ4n) is 1.95. The summed E-state index contributed by atoms with van der Waals surface area (Å²) in [5, 5.41) is 2.75. The molecule has 1 N–H and O–H groups in total. The van der Waals surface area contributed by atoms with Gasteiger partial charge in [-0.15, -0.1) is 11.6 Å². The highest BCUT2D eigenvalue weighted by Gasteiger charge is 2.02. The van der Waals surface area contributed by atoms with Crippen LogP contribution in [0.3, 0.4) is 0 Å². The second-order valence-electron chi connectivity index (χ2n) is 4.42. The summed E-state index contributed by atoms with van der Waals surface area (Å²) >= 11 is 5.43. The van der Waals surface area contributed by atoms with Gasteiger partial charge in [0.2, 0.25) is 5.91 Å². The van der Waals surface area contributed by atoms with E-state index in [9.17, 15) is 4.79 Å². The highest BCUT2D eigenvalue weighted by molar-refractivity contribution is 6.27. The van der Waals surface area contributed by atoms with Crippen molar-refractivity contribution < 1.29 is 4.79 Å². The maximum absolute atomic E-state index is 11.1. The van der Waals surface area contributed by atoms with Gasteiger partial charge in [0.1, 0.15) is 5.88 Å². The number of halogens is 1. The van der Waals surface area contributed by atoms with Crippen LogP contribution in [-0.2, 0) is 11.3 Å². The summed E-state index contributed by atoms with van der Waals surface area (Å²) in [5.74, 6) is -0.147. The molecule has 0 aliphatic carbocycles. The van der Waals surface area contributed by atoms with E-state index in [1.165, 1.54) is 16.7 Å². The van der Waals surface area contributed by atoms with Crippen molar-refractivity contribution in [2.75, 3.05) is 5.88 Å². The SMILES string of the molecule is Cc1ccccc1-c1ccc(CNC(=O)CCl)cc1. The minimum Gasteiger partial charge on any atom is -0.351 e. The fraction of sp³-hybridized carbons (Fsp3) is 0.188. The van der Waals surface area contributed by atoms with Gasteiger partial charge in [-0.05, 0) is 29.2 Å². The number of carbonyl (C=O) groups excluding carboxylic acids is 1.